The predicted octanol–water partition coefficient (Wildman–Crippen LogP) is 0.638. The Balaban J connectivity index is 3.26. The highest BCUT2D eigenvalue weighted by Gasteiger charge is 2.45. The van der Waals surface area contributed by atoms with Gasteiger partial charge < -0.3 is 70.4 Å². The van der Waals surface area contributed by atoms with Gasteiger partial charge in [0.25, 0.3) is 0 Å². The number of esters is 1. The summed E-state index contributed by atoms with van der Waals surface area (Å²) in [7, 11) is 0. The molecule has 1 aliphatic rings. The first-order chi connectivity index (χ1) is 26.1. The Morgan fingerprint density at radius 1 is 0.696 bits per heavy atom. The fourth-order valence-corrected chi connectivity index (χ4v) is 6.99. The molecule has 1 aliphatic heterocycles. The van der Waals surface area contributed by atoms with Crippen molar-refractivity contribution in [2.45, 2.75) is 156 Å². The van der Waals surface area contributed by atoms with Gasteiger partial charge in [-0.15, -0.1) is 0 Å². The molecule has 0 aromatic rings. The van der Waals surface area contributed by atoms with Crippen molar-refractivity contribution in [3.63, 3.8) is 0 Å². The van der Waals surface area contributed by atoms with E-state index in [9.17, 15) is 55.9 Å². The molecule has 0 aromatic carbocycles. The number of aliphatic hydroxyl groups is 11. The molecule has 0 saturated carbocycles. The maximum Gasteiger partial charge on any atom is 0.333 e. The summed E-state index contributed by atoms with van der Waals surface area (Å²) in [6.45, 7) is 16.0. The van der Waals surface area contributed by atoms with Crippen LogP contribution < -0.4 is 0 Å². The fourth-order valence-electron chi connectivity index (χ4n) is 6.99. The van der Waals surface area contributed by atoms with Crippen LogP contribution in [0.25, 0.3) is 0 Å². The molecule has 1 heterocycles. The number of ether oxygens (including phenoxy) is 3. The quantitative estimate of drug-likeness (QED) is 0.0385. The third-order valence-corrected chi connectivity index (χ3v) is 10.6. The summed E-state index contributed by atoms with van der Waals surface area (Å²) in [4.78, 5) is 12.8. The summed E-state index contributed by atoms with van der Waals surface area (Å²) in [5.74, 6) is -1.85. The van der Waals surface area contributed by atoms with Crippen LogP contribution in [0.1, 0.15) is 82.1 Å². The first-order valence-electron chi connectivity index (χ1n) is 19.6. The van der Waals surface area contributed by atoms with E-state index in [2.05, 4.69) is 26.8 Å². The first kappa shape index (κ1) is 51.9. The lowest BCUT2D eigenvalue weighted by Gasteiger charge is -2.41. The molecule has 326 valence electrons. The molecule has 1 fully saturated rings. The zero-order chi connectivity index (χ0) is 43.2. The topological polar surface area (TPSA) is 267 Å². The molecule has 15 nitrogen and oxygen atoms in total. The second-order valence-corrected chi connectivity index (χ2v) is 15.9. The van der Waals surface area contributed by atoms with Crippen molar-refractivity contribution in [1.29, 1.82) is 0 Å². The molecular formula is C41H72O15. The standard InChI is InChI=1S/C41H72O15/c1-11-20(2)12-21(3)13-26(8)38(56-41-37(52)36(51)35(50)31(19-44)54-41)27(9)15-24(6)32(47)22(4)14-23(5)33(48)25(7)16-28(10)40(53)55-39(30(46)18-43)34(49)29(45)17-42/h13-16,20-22,25,27,29-39,41-52H,11-12,17-19H2,1-10H3/b23-14+,24-15+,26-13+,28-16+/t20-,21-,22-,25-,27-,29+,30+,31+,32-,33+,34+,35+,36-,37-,38+,39+,41-/m0/s1. The molecule has 17 atom stereocenters. The first-order valence-corrected chi connectivity index (χ1v) is 19.6. The van der Waals surface area contributed by atoms with Crippen molar-refractivity contribution in [1.82, 2.24) is 0 Å². The van der Waals surface area contributed by atoms with Gasteiger partial charge in [0.05, 0.1) is 38.1 Å². The highest BCUT2D eigenvalue weighted by Crippen LogP contribution is 2.30. The molecule has 0 aromatic heterocycles. The van der Waals surface area contributed by atoms with Crippen LogP contribution in [0.15, 0.2) is 46.6 Å². The number of carbonyl (C=O) groups is 1. The molecule has 0 amide bonds. The van der Waals surface area contributed by atoms with E-state index in [1.807, 2.05) is 19.9 Å². The van der Waals surface area contributed by atoms with Crippen LogP contribution >= 0.6 is 0 Å². The van der Waals surface area contributed by atoms with Crippen molar-refractivity contribution in [3.05, 3.63) is 46.6 Å². The fraction of sp³-hybridized carbons (Fsp3) is 0.780. The maximum atomic E-state index is 12.8. The smallest absolute Gasteiger partial charge is 0.333 e. The zero-order valence-electron chi connectivity index (χ0n) is 34.7. The number of carbonyl (C=O) groups excluding carboxylic acids is 1. The second-order valence-electron chi connectivity index (χ2n) is 15.9. The van der Waals surface area contributed by atoms with Gasteiger partial charge in [-0.05, 0) is 62.7 Å². The van der Waals surface area contributed by atoms with Crippen LogP contribution in [0.2, 0.25) is 0 Å². The normalized spacial score (nSPS) is 28.3. The second kappa shape index (κ2) is 24.7. The molecule has 56 heavy (non-hydrogen) atoms. The van der Waals surface area contributed by atoms with Gasteiger partial charge in [-0.2, -0.15) is 0 Å². The van der Waals surface area contributed by atoms with Gasteiger partial charge in [0.1, 0.15) is 42.7 Å². The maximum absolute atomic E-state index is 12.8. The van der Waals surface area contributed by atoms with Gasteiger partial charge in [-0.3, -0.25) is 0 Å². The van der Waals surface area contributed by atoms with E-state index in [0.717, 1.165) is 18.4 Å². The van der Waals surface area contributed by atoms with Gasteiger partial charge in [-0.1, -0.05) is 72.3 Å². The SMILES string of the molecule is CC[C@H](C)C[C@H](C)/C=C(\C)[C@@H](O[C@@H]1O[C@H](CO)[C@@H](O)[C@H](O)[C@@H]1O)[C@@H](C)/C=C(\C)[C@@H](O)[C@@H](C)/C=C(\C)[C@@H](O)[C@@H](C)/C=C(\C)C(=O)O[C@@H]([C@H](O)[C@H](O)CO)[C@H](O)CO. The van der Waals surface area contributed by atoms with Gasteiger partial charge in [0.15, 0.2) is 12.4 Å². The van der Waals surface area contributed by atoms with Crippen LogP contribution in [0.3, 0.4) is 0 Å². The molecule has 15 heteroatoms. The molecule has 1 saturated heterocycles. The predicted molar refractivity (Wildman–Crippen MR) is 208 cm³/mol. The minimum absolute atomic E-state index is 0.00475. The van der Waals surface area contributed by atoms with Crippen molar-refractivity contribution in [2.75, 3.05) is 19.8 Å². The Morgan fingerprint density at radius 2 is 1.21 bits per heavy atom. The van der Waals surface area contributed by atoms with Gasteiger partial charge in [0, 0.05) is 23.3 Å². The van der Waals surface area contributed by atoms with Gasteiger partial charge >= 0.3 is 5.97 Å². The summed E-state index contributed by atoms with van der Waals surface area (Å²) in [5.41, 5.74) is 1.92. The molecular weight excluding hydrogens is 732 g/mol. The summed E-state index contributed by atoms with van der Waals surface area (Å²) in [5, 5.41) is 112. The molecule has 0 aliphatic carbocycles. The highest BCUT2D eigenvalue weighted by molar-refractivity contribution is 5.88. The summed E-state index contributed by atoms with van der Waals surface area (Å²) < 4.78 is 17.1. The van der Waals surface area contributed by atoms with Gasteiger partial charge in [-0.25, -0.2) is 4.79 Å². The average molecular weight is 805 g/mol. The zero-order valence-corrected chi connectivity index (χ0v) is 34.7. The molecule has 0 bridgehead atoms. The molecule has 0 unspecified atom stereocenters. The number of rotatable bonds is 23. The van der Waals surface area contributed by atoms with Crippen molar-refractivity contribution < 1.29 is 75.2 Å². The number of allylic oxidation sites excluding steroid dienone is 1. The Hall–Kier alpha value is -2.09. The molecule has 1 rings (SSSR count). The lowest BCUT2D eigenvalue weighted by Crippen LogP contribution is -2.60. The van der Waals surface area contributed by atoms with Gasteiger partial charge in [0.2, 0.25) is 0 Å². The average Bonchev–Trinajstić information content (AvgIpc) is 3.16. The molecule has 11 N–H and O–H groups in total. The Bertz CT molecular complexity index is 1300. The van der Waals surface area contributed by atoms with Crippen LogP contribution in [0.4, 0.5) is 0 Å². The van der Waals surface area contributed by atoms with E-state index in [1.54, 1.807) is 33.8 Å². The van der Waals surface area contributed by atoms with E-state index in [1.165, 1.54) is 13.0 Å². The minimum Gasteiger partial charge on any atom is -0.453 e. The Morgan fingerprint density at radius 3 is 1.71 bits per heavy atom. The van der Waals surface area contributed by atoms with Crippen LogP contribution in [-0.2, 0) is 19.0 Å². The van der Waals surface area contributed by atoms with Crippen LogP contribution in [0.5, 0.6) is 0 Å². The largest absolute Gasteiger partial charge is 0.453 e. The van der Waals surface area contributed by atoms with Crippen LogP contribution in [0, 0.1) is 29.6 Å². The van der Waals surface area contributed by atoms with Crippen molar-refractivity contribution in [3.8, 4) is 0 Å². The summed E-state index contributed by atoms with van der Waals surface area (Å²) in [6.07, 6.45) is -8.14. The minimum atomic E-state index is -1.88. The van der Waals surface area contributed by atoms with E-state index in [0.29, 0.717) is 17.1 Å². The Labute approximate surface area is 332 Å². The summed E-state index contributed by atoms with van der Waals surface area (Å²) in [6, 6.07) is 0. The van der Waals surface area contributed by atoms with Crippen molar-refractivity contribution in [2.24, 2.45) is 29.6 Å². The summed E-state index contributed by atoms with van der Waals surface area (Å²) >= 11 is 0. The van der Waals surface area contributed by atoms with E-state index >= 15 is 0 Å². The highest BCUT2D eigenvalue weighted by atomic mass is 16.7. The van der Waals surface area contributed by atoms with Crippen LogP contribution in [-0.4, -0.2) is 155 Å². The van der Waals surface area contributed by atoms with Crippen molar-refractivity contribution >= 4 is 5.97 Å². The van der Waals surface area contributed by atoms with E-state index in [-0.39, 0.29) is 11.5 Å². The third kappa shape index (κ3) is 15.3. The Kier molecular flexibility index (Phi) is 22.9. The number of hydrogen-bond acceptors (Lipinski definition) is 15. The van der Waals surface area contributed by atoms with E-state index in [4.69, 9.17) is 19.3 Å². The monoisotopic (exact) mass is 804 g/mol. The lowest BCUT2D eigenvalue weighted by molar-refractivity contribution is -0.310. The number of hydrogen-bond donors (Lipinski definition) is 11. The number of aliphatic hydroxyl groups excluding tert-OH is 11. The lowest BCUT2D eigenvalue weighted by atomic mass is 9.87. The van der Waals surface area contributed by atoms with E-state index < -0.39 is 117 Å². The molecule has 0 spiro atoms. The molecule has 0 radical (unpaired) electrons. The third-order valence-electron chi connectivity index (χ3n) is 10.6.